The van der Waals surface area contributed by atoms with Crippen LogP contribution in [-0.4, -0.2) is 33.0 Å². The molecule has 1 unspecified atom stereocenters. The van der Waals surface area contributed by atoms with Gasteiger partial charge in [-0.1, -0.05) is 37.3 Å². The SMILES string of the molecule is CCC(C(=N)C(=O)C(C)(C)OC(C)=O)c1ncc(-c2ccccc2)[nH]1. The first-order valence-corrected chi connectivity index (χ1v) is 8.19. The number of hydrogen-bond donors (Lipinski definition) is 2. The second kappa shape index (κ2) is 7.42. The first kappa shape index (κ1) is 18.6. The molecule has 1 aromatic carbocycles. The van der Waals surface area contributed by atoms with Crippen LogP contribution in [0.1, 0.15) is 45.9 Å². The van der Waals surface area contributed by atoms with Crippen molar-refractivity contribution in [1.82, 2.24) is 9.97 Å². The molecule has 2 N–H and O–H groups in total. The van der Waals surface area contributed by atoms with E-state index >= 15 is 0 Å². The Labute approximate surface area is 147 Å². The molecule has 2 aromatic rings. The van der Waals surface area contributed by atoms with Crippen LogP contribution in [0.5, 0.6) is 0 Å². The van der Waals surface area contributed by atoms with Crippen LogP contribution in [0, 0.1) is 5.41 Å². The third-order valence-electron chi connectivity index (χ3n) is 3.96. The molecule has 0 spiro atoms. The van der Waals surface area contributed by atoms with Gasteiger partial charge in [0.1, 0.15) is 5.82 Å². The highest BCUT2D eigenvalue weighted by Crippen LogP contribution is 2.25. The lowest BCUT2D eigenvalue weighted by Gasteiger charge is -2.25. The van der Waals surface area contributed by atoms with E-state index in [1.54, 1.807) is 6.20 Å². The van der Waals surface area contributed by atoms with Crippen LogP contribution in [0.15, 0.2) is 36.5 Å². The largest absolute Gasteiger partial charge is 0.451 e. The molecule has 0 bridgehead atoms. The number of benzene rings is 1. The highest BCUT2D eigenvalue weighted by molar-refractivity contribution is 6.43. The van der Waals surface area contributed by atoms with E-state index in [0.717, 1.165) is 11.3 Å². The van der Waals surface area contributed by atoms with E-state index in [4.69, 9.17) is 10.1 Å². The van der Waals surface area contributed by atoms with Crippen LogP contribution in [-0.2, 0) is 14.3 Å². The highest BCUT2D eigenvalue weighted by Gasteiger charge is 2.37. The predicted molar refractivity (Wildman–Crippen MR) is 95.6 cm³/mol. The Balaban J connectivity index is 2.25. The van der Waals surface area contributed by atoms with E-state index in [1.807, 2.05) is 37.3 Å². The molecule has 0 aliphatic heterocycles. The van der Waals surface area contributed by atoms with Crippen molar-refractivity contribution in [1.29, 1.82) is 5.41 Å². The minimum Gasteiger partial charge on any atom is -0.451 e. The molecule has 0 saturated carbocycles. The van der Waals surface area contributed by atoms with E-state index < -0.39 is 23.3 Å². The molecule has 0 amide bonds. The number of aromatic amines is 1. The summed E-state index contributed by atoms with van der Waals surface area (Å²) >= 11 is 0. The summed E-state index contributed by atoms with van der Waals surface area (Å²) in [5.74, 6) is -1.01. The van der Waals surface area contributed by atoms with Crippen LogP contribution >= 0.6 is 0 Å². The molecule has 2 rings (SSSR count). The zero-order valence-electron chi connectivity index (χ0n) is 14.9. The minimum atomic E-state index is -1.37. The Morgan fingerprint density at radius 2 is 1.92 bits per heavy atom. The van der Waals surface area contributed by atoms with Gasteiger partial charge in [-0.15, -0.1) is 0 Å². The van der Waals surface area contributed by atoms with E-state index in [9.17, 15) is 9.59 Å². The molecule has 25 heavy (non-hydrogen) atoms. The number of imidazole rings is 1. The van der Waals surface area contributed by atoms with Crippen molar-refractivity contribution >= 4 is 17.5 Å². The Hall–Kier alpha value is -2.76. The number of carbonyl (C=O) groups is 2. The minimum absolute atomic E-state index is 0.122. The number of ketones is 1. The molecule has 0 aliphatic rings. The summed E-state index contributed by atoms with van der Waals surface area (Å²) in [6, 6.07) is 9.71. The zero-order valence-corrected chi connectivity index (χ0v) is 14.9. The van der Waals surface area contributed by atoms with E-state index in [2.05, 4.69) is 9.97 Å². The fourth-order valence-electron chi connectivity index (χ4n) is 2.70. The van der Waals surface area contributed by atoms with Crippen molar-refractivity contribution in [2.75, 3.05) is 0 Å². The number of rotatable bonds is 7. The maximum atomic E-state index is 12.6. The lowest BCUT2D eigenvalue weighted by atomic mass is 9.89. The van der Waals surface area contributed by atoms with Gasteiger partial charge in [0.2, 0.25) is 5.78 Å². The van der Waals surface area contributed by atoms with Gasteiger partial charge in [0.05, 0.1) is 23.5 Å². The van der Waals surface area contributed by atoms with Gasteiger partial charge in [0, 0.05) is 6.92 Å². The van der Waals surface area contributed by atoms with Gasteiger partial charge in [-0.05, 0) is 25.8 Å². The Kier molecular flexibility index (Phi) is 5.51. The monoisotopic (exact) mass is 341 g/mol. The number of esters is 1. The number of hydrogen-bond acceptors (Lipinski definition) is 5. The van der Waals surface area contributed by atoms with Gasteiger partial charge >= 0.3 is 5.97 Å². The maximum absolute atomic E-state index is 12.6. The number of aromatic nitrogens is 2. The Bertz CT molecular complexity index is 778. The van der Waals surface area contributed by atoms with Gasteiger partial charge in [0.25, 0.3) is 0 Å². The zero-order chi connectivity index (χ0) is 18.6. The lowest BCUT2D eigenvalue weighted by Crippen LogP contribution is -2.43. The third-order valence-corrected chi connectivity index (χ3v) is 3.96. The number of ether oxygens (including phenoxy) is 1. The molecule has 1 aromatic heterocycles. The fraction of sp³-hybridized carbons (Fsp3) is 0.368. The molecule has 0 fully saturated rings. The second-order valence-electron chi connectivity index (χ2n) is 6.36. The summed E-state index contributed by atoms with van der Waals surface area (Å²) < 4.78 is 5.07. The summed E-state index contributed by atoms with van der Waals surface area (Å²) in [5.41, 5.74) is 0.316. The van der Waals surface area contributed by atoms with Crippen LogP contribution in [0.4, 0.5) is 0 Å². The molecular weight excluding hydrogens is 318 g/mol. The summed E-state index contributed by atoms with van der Waals surface area (Å²) in [4.78, 5) is 31.4. The summed E-state index contributed by atoms with van der Waals surface area (Å²) in [6.45, 7) is 6.12. The van der Waals surface area contributed by atoms with Crippen LogP contribution in [0.2, 0.25) is 0 Å². The standard InChI is InChI=1S/C19H23N3O3/c1-5-14(16(20)17(24)19(3,4)25-12(2)23)18-21-11-15(22-18)13-9-7-6-8-10-13/h6-11,14,20H,5H2,1-4H3,(H,21,22). The van der Waals surface area contributed by atoms with Crippen molar-refractivity contribution in [3.05, 3.63) is 42.4 Å². The fourth-order valence-corrected chi connectivity index (χ4v) is 2.70. The van der Waals surface area contributed by atoms with Gasteiger partial charge in [-0.2, -0.15) is 0 Å². The molecule has 6 heteroatoms. The topological polar surface area (TPSA) is 95.9 Å². The number of carbonyl (C=O) groups excluding carboxylic acids is 2. The normalized spacial score (nSPS) is 12.5. The van der Waals surface area contributed by atoms with Gasteiger partial charge in [-0.3, -0.25) is 9.59 Å². The molecule has 6 nitrogen and oxygen atoms in total. The van der Waals surface area contributed by atoms with Crippen LogP contribution in [0.3, 0.4) is 0 Å². The molecule has 1 atom stereocenters. The number of nitrogens with one attached hydrogen (secondary N) is 2. The average molecular weight is 341 g/mol. The summed E-state index contributed by atoms with van der Waals surface area (Å²) in [7, 11) is 0. The Morgan fingerprint density at radius 1 is 1.28 bits per heavy atom. The average Bonchev–Trinajstić information content (AvgIpc) is 3.04. The van der Waals surface area contributed by atoms with Gasteiger partial charge in [-0.25, -0.2) is 4.98 Å². The molecule has 0 saturated heterocycles. The van der Waals surface area contributed by atoms with Crippen LogP contribution in [0.25, 0.3) is 11.3 Å². The van der Waals surface area contributed by atoms with E-state index in [-0.39, 0.29) is 5.71 Å². The van der Waals surface area contributed by atoms with E-state index in [1.165, 1.54) is 20.8 Å². The molecule has 132 valence electrons. The number of Topliss-reactive ketones (excluding diaryl/α,β-unsaturated/α-hetero) is 1. The first-order chi connectivity index (χ1) is 11.8. The molecule has 0 aliphatic carbocycles. The van der Waals surface area contributed by atoms with Crippen molar-refractivity contribution in [2.24, 2.45) is 0 Å². The predicted octanol–water partition coefficient (Wildman–Crippen LogP) is 3.50. The van der Waals surface area contributed by atoms with Crippen molar-refractivity contribution < 1.29 is 14.3 Å². The number of H-pyrrole nitrogens is 1. The van der Waals surface area contributed by atoms with Crippen molar-refractivity contribution in [2.45, 2.75) is 45.6 Å². The quantitative estimate of drug-likeness (QED) is 0.595. The van der Waals surface area contributed by atoms with Gasteiger partial charge < -0.3 is 15.1 Å². The summed E-state index contributed by atoms with van der Waals surface area (Å²) in [6.07, 6.45) is 2.23. The van der Waals surface area contributed by atoms with Gasteiger partial charge in [0.15, 0.2) is 5.60 Å². The number of nitrogens with zero attached hydrogens (tertiary/aromatic N) is 1. The summed E-state index contributed by atoms with van der Waals surface area (Å²) in [5, 5.41) is 8.30. The molecular formula is C19H23N3O3. The molecule has 1 heterocycles. The van der Waals surface area contributed by atoms with E-state index in [0.29, 0.717) is 12.2 Å². The lowest BCUT2D eigenvalue weighted by molar-refractivity contribution is -0.159. The van der Waals surface area contributed by atoms with Crippen LogP contribution < -0.4 is 0 Å². The third kappa shape index (κ3) is 4.21. The smallest absolute Gasteiger partial charge is 0.303 e. The van der Waals surface area contributed by atoms with Crippen molar-refractivity contribution in [3.8, 4) is 11.3 Å². The van der Waals surface area contributed by atoms with Crippen molar-refractivity contribution in [3.63, 3.8) is 0 Å². The molecule has 0 radical (unpaired) electrons. The highest BCUT2D eigenvalue weighted by atomic mass is 16.6. The maximum Gasteiger partial charge on any atom is 0.303 e. The first-order valence-electron chi connectivity index (χ1n) is 8.19. The second-order valence-corrected chi connectivity index (χ2v) is 6.36. The Morgan fingerprint density at radius 3 is 2.48 bits per heavy atom.